The van der Waals surface area contributed by atoms with E-state index in [-0.39, 0.29) is 0 Å². The highest BCUT2D eigenvalue weighted by Gasteiger charge is 2.06. The van der Waals surface area contributed by atoms with E-state index in [1.165, 1.54) is 0 Å². The summed E-state index contributed by atoms with van der Waals surface area (Å²) in [6, 6.07) is 15.3. The Morgan fingerprint density at radius 2 is 2.00 bits per heavy atom. The van der Waals surface area contributed by atoms with Crippen LogP contribution in [-0.2, 0) is 0 Å². The van der Waals surface area contributed by atoms with E-state index in [9.17, 15) is 0 Å². The Morgan fingerprint density at radius 3 is 2.68 bits per heavy atom. The molecule has 0 aromatic heterocycles. The molecule has 1 N–H and O–H groups in total. The number of anilines is 2. The van der Waals surface area contributed by atoms with Crippen molar-refractivity contribution in [1.82, 2.24) is 0 Å². The molecule has 0 saturated carbocycles. The van der Waals surface area contributed by atoms with Gasteiger partial charge in [0.05, 0.1) is 29.6 Å². The van der Waals surface area contributed by atoms with Crippen LogP contribution >= 0.6 is 15.9 Å². The molecule has 0 aliphatic heterocycles. The molecule has 2 rings (SSSR count). The van der Waals surface area contributed by atoms with Crippen molar-refractivity contribution < 1.29 is 4.74 Å². The smallest absolute Gasteiger partial charge is 0.142 e. The molecular weight excluding hydrogens is 304 g/mol. The van der Waals surface area contributed by atoms with Crippen LogP contribution in [0.2, 0.25) is 0 Å². The Balaban J connectivity index is 2.29. The normalized spacial score (nSPS) is 9.74. The SMILES string of the molecule is CCOc1ccccc1Nc1ccc(C#N)cc1Br. The number of ether oxygens (including phenoxy) is 1. The standard InChI is InChI=1S/C15H13BrN2O/c1-2-19-15-6-4-3-5-14(15)18-13-8-7-11(10-17)9-12(13)16/h3-9,18H,2H2,1H3. The zero-order valence-electron chi connectivity index (χ0n) is 10.5. The minimum absolute atomic E-state index is 0.618. The highest BCUT2D eigenvalue weighted by Crippen LogP contribution is 2.31. The average molecular weight is 317 g/mol. The monoisotopic (exact) mass is 316 g/mol. The third-order valence-electron chi connectivity index (χ3n) is 2.55. The van der Waals surface area contributed by atoms with Crippen LogP contribution in [0.3, 0.4) is 0 Å². The summed E-state index contributed by atoms with van der Waals surface area (Å²) in [6.45, 7) is 2.57. The lowest BCUT2D eigenvalue weighted by Gasteiger charge is -2.13. The molecule has 0 amide bonds. The number of benzene rings is 2. The second-order valence-corrected chi connectivity index (χ2v) is 4.71. The largest absolute Gasteiger partial charge is 0.492 e. The van der Waals surface area contributed by atoms with Gasteiger partial charge in [0.1, 0.15) is 5.75 Å². The molecule has 0 unspecified atom stereocenters. The molecule has 0 fully saturated rings. The summed E-state index contributed by atoms with van der Waals surface area (Å²) < 4.78 is 6.41. The number of nitriles is 1. The molecule has 3 nitrogen and oxygen atoms in total. The van der Waals surface area contributed by atoms with Crippen LogP contribution in [0.4, 0.5) is 11.4 Å². The molecule has 0 heterocycles. The number of nitrogens with one attached hydrogen (secondary N) is 1. The Labute approximate surface area is 121 Å². The first-order valence-corrected chi connectivity index (χ1v) is 6.72. The summed E-state index contributed by atoms with van der Waals surface area (Å²) >= 11 is 3.45. The van der Waals surface area contributed by atoms with Gasteiger partial charge in [0, 0.05) is 4.47 Å². The van der Waals surface area contributed by atoms with E-state index in [4.69, 9.17) is 10.00 Å². The highest BCUT2D eigenvalue weighted by molar-refractivity contribution is 9.10. The fraction of sp³-hybridized carbons (Fsp3) is 0.133. The number of halogens is 1. The van der Waals surface area contributed by atoms with Crippen LogP contribution < -0.4 is 10.1 Å². The van der Waals surface area contributed by atoms with Crippen molar-refractivity contribution in [3.63, 3.8) is 0 Å². The van der Waals surface area contributed by atoms with E-state index in [2.05, 4.69) is 27.3 Å². The van der Waals surface area contributed by atoms with Crippen LogP contribution in [0.5, 0.6) is 5.75 Å². The van der Waals surface area contributed by atoms with E-state index < -0.39 is 0 Å². The molecule has 0 radical (unpaired) electrons. The van der Waals surface area contributed by atoms with Crippen LogP contribution in [-0.4, -0.2) is 6.61 Å². The van der Waals surface area contributed by atoms with Crippen molar-refractivity contribution in [2.24, 2.45) is 0 Å². The van der Waals surface area contributed by atoms with Gasteiger partial charge in [0.25, 0.3) is 0 Å². The minimum Gasteiger partial charge on any atom is -0.492 e. The molecule has 0 bridgehead atoms. The van der Waals surface area contributed by atoms with Crippen LogP contribution in [0.25, 0.3) is 0 Å². The first-order valence-electron chi connectivity index (χ1n) is 5.93. The topological polar surface area (TPSA) is 45.0 Å². The first kappa shape index (κ1) is 13.4. The molecule has 2 aromatic rings. The first-order chi connectivity index (χ1) is 9.24. The second-order valence-electron chi connectivity index (χ2n) is 3.86. The lowest BCUT2D eigenvalue weighted by molar-refractivity contribution is 0.342. The summed E-state index contributed by atoms with van der Waals surface area (Å²) in [5.74, 6) is 0.807. The quantitative estimate of drug-likeness (QED) is 0.905. The molecular formula is C15H13BrN2O. The van der Waals surface area contributed by atoms with Crippen LogP contribution in [0, 0.1) is 11.3 Å². The van der Waals surface area contributed by atoms with Crippen molar-refractivity contribution in [2.45, 2.75) is 6.92 Å². The summed E-state index contributed by atoms with van der Waals surface area (Å²) in [7, 11) is 0. The van der Waals surface area contributed by atoms with Gasteiger partial charge in [-0.15, -0.1) is 0 Å². The van der Waals surface area contributed by atoms with E-state index in [1.54, 1.807) is 12.1 Å². The predicted octanol–water partition coefficient (Wildman–Crippen LogP) is 4.46. The molecule has 0 aliphatic carbocycles. The summed E-state index contributed by atoms with van der Waals surface area (Å²) in [4.78, 5) is 0. The molecule has 2 aromatic carbocycles. The fourth-order valence-corrected chi connectivity index (χ4v) is 2.16. The molecule has 19 heavy (non-hydrogen) atoms. The van der Waals surface area contributed by atoms with Gasteiger partial charge >= 0.3 is 0 Å². The van der Waals surface area contributed by atoms with E-state index in [1.807, 2.05) is 37.3 Å². The summed E-state index contributed by atoms with van der Waals surface area (Å²) in [5.41, 5.74) is 2.41. The van der Waals surface area contributed by atoms with Crippen molar-refractivity contribution in [3.05, 3.63) is 52.5 Å². The van der Waals surface area contributed by atoms with Gasteiger partial charge in [-0.05, 0) is 53.2 Å². The number of hydrogen-bond acceptors (Lipinski definition) is 3. The lowest BCUT2D eigenvalue weighted by atomic mass is 10.2. The van der Waals surface area contributed by atoms with Gasteiger partial charge < -0.3 is 10.1 Å². The Morgan fingerprint density at radius 1 is 1.21 bits per heavy atom. The maximum Gasteiger partial charge on any atom is 0.142 e. The van der Waals surface area contributed by atoms with Gasteiger partial charge in [-0.25, -0.2) is 0 Å². The summed E-state index contributed by atoms with van der Waals surface area (Å²) in [6.07, 6.45) is 0. The third-order valence-corrected chi connectivity index (χ3v) is 3.21. The van der Waals surface area contributed by atoms with Crippen molar-refractivity contribution in [2.75, 3.05) is 11.9 Å². The van der Waals surface area contributed by atoms with Crippen molar-refractivity contribution in [1.29, 1.82) is 5.26 Å². The average Bonchev–Trinajstić information content (AvgIpc) is 2.43. The second kappa shape index (κ2) is 6.26. The number of rotatable bonds is 4. The predicted molar refractivity (Wildman–Crippen MR) is 79.8 cm³/mol. The molecule has 0 spiro atoms. The number of nitrogens with zero attached hydrogens (tertiary/aromatic N) is 1. The Kier molecular flexibility index (Phi) is 4.43. The number of para-hydroxylation sites is 2. The van der Waals surface area contributed by atoms with Gasteiger partial charge in [0.15, 0.2) is 0 Å². The maximum atomic E-state index is 8.85. The molecule has 0 atom stereocenters. The molecule has 0 aliphatic rings. The van der Waals surface area contributed by atoms with E-state index in [0.717, 1.165) is 21.6 Å². The lowest BCUT2D eigenvalue weighted by Crippen LogP contribution is -1.98. The Bertz CT molecular complexity index is 620. The van der Waals surface area contributed by atoms with Gasteiger partial charge in [-0.2, -0.15) is 5.26 Å². The zero-order valence-corrected chi connectivity index (χ0v) is 12.1. The molecule has 0 saturated heterocycles. The minimum atomic E-state index is 0.618. The van der Waals surface area contributed by atoms with Gasteiger partial charge in [0.2, 0.25) is 0 Å². The maximum absolute atomic E-state index is 8.85. The van der Waals surface area contributed by atoms with Crippen molar-refractivity contribution in [3.8, 4) is 11.8 Å². The van der Waals surface area contributed by atoms with E-state index >= 15 is 0 Å². The molecule has 96 valence electrons. The van der Waals surface area contributed by atoms with E-state index in [0.29, 0.717) is 12.2 Å². The number of hydrogen-bond donors (Lipinski definition) is 1. The van der Waals surface area contributed by atoms with Crippen LogP contribution in [0.1, 0.15) is 12.5 Å². The summed E-state index contributed by atoms with van der Waals surface area (Å²) in [5, 5.41) is 12.1. The highest BCUT2D eigenvalue weighted by atomic mass is 79.9. The molecule has 4 heteroatoms. The van der Waals surface area contributed by atoms with Crippen LogP contribution in [0.15, 0.2) is 46.9 Å². The Hall–Kier alpha value is -1.99. The zero-order chi connectivity index (χ0) is 13.7. The van der Waals surface area contributed by atoms with Gasteiger partial charge in [-0.3, -0.25) is 0 Å². The fourth-order valence-electron chi connectivity index (χ4n) is 1.68. The van der Waals surface area contributed by atoms with Crippen molar-refractivity contribution >= 4 is 27.3 Å². The third kappa shape index (κ3) is 3.27. The van der Waals surface area contributed by atoms with Gasteiger partial charge in [-0.1, -0.05) is 12.1 Å².